The summed E-state index contributed by atoms with van der Waals surface area (Å²) in [6, 6.07) is 0. The predicted octanol–water partition coefficient (Wildman–Crippen LogP) is 3.27. The molecule has 1 rings (SSSR count). The summed E-state index contributed by atoms with van der Waals surface area (Å²) in [6.07, 6.45) is 2.72. The first-order valence-electron chi connectivity index (χ1n) is 7.90. The highest BCUT2D eigenvalue weighted by molar-refractivity contribution is 14.0. The lowest BCUT2D eigenvalue weighted by Gasteiger charge is -2.40. The monoisotopic (exact) mass is 411 g/mol. The van der Waals surface area contributed by atoms with Gasteiger partial charge in [0.15, 0.2) is 5.96 Å². The quantitative estimate of drug-likeness (QED) is 0.424. The summed E-state index contributed by atoms with van der Waals surface area (Å²) in [5, 5.41) is 6.82. The average molecular weight is 411 g/mol. The Labute approximate surface area is 147 Å². The van der Waals surface area contributed by atoms with Crippen LogP contribution in [0.2, 0.25) is 0 Å². The van der Waals surface area contributed by atoms with Gasteiger partial charge in [0.2, 0.25) is 0 Å². The van der Waals surface area contributed by atoms with Crippen molar-refractivity contribution in [1.29, 1.82) is 0 Å². The summed E-state index contributed by atoms with van der Waals surface area (Å²) >= 11 is 0. The molecule has 2 unspecified atom stereocenters. The number of halogens is 1. The number of ether oxygens (including phenoxy) is 1. The van der Waals surface area contributed by atoms with Crippen molar-refractivity contribution in [2.45, 2.75) is 53.6 Å². The van der Waals surface area contributed by atoms with Crippen LogP contribution in [0.1, 0.15) is 47.5 Å². The van der Waals surface area contributed by atoms with Gasteiger partial charge >= 0.3 is 0 Å². The third-order valence-electron chi connectivity index (χ3n) is 3.73. The third-order valence-corrected chi connectivity index (χ3v) is 3.73. The Bertz CT molecular complexity index is 313. The van der Waals surface area contributed by atoms with Gasteiger partial charge in [0.05, 0.1) is 6.10 Å². The van der Waals surface area contributed by atoms with E-state index in [0.717, 1.165) is 32.1 Å². The zero-order chi connectivity index (χ0) is 15.2. The number of nitrogens with one attached hydrogen (secondary N) is 2. The van der Waals surface area contributed by atoms with Crippen LogP contribution < -0.4 is 10.6 Å². The minimum absolute atomic E-state index is 0. The average Bonchev–Trinajstić information content (AvgIpc) is 2.38. The first-order valence-corrected chi connectivity index (χ1v) is 7.90. The van der Waals surface area contributed by atoms with Crippen LogP contribution in [-0.2, 0) is 4.74 Å². The summed E-state index contributed by atoms with van der Waals surface area (Å²) in [6.45, 7) is 14.0. The van der Waals surface area contributed by atoms with Gasteiger partial charge in [-0.15, -0.1) is 24.0 Å². The van der Waals surface area contributed by atoms with Crippen LogP contribution in [-0.4, -0.2) is 38.8 Å². The van der Waals surface area contributed by atoms with E-state index in [2.05, 4.69) is 50.2 Å². The van der Waals surface area contributed by atoms with E-state index in [1.807, 2.05) is 7.05 Å². The Balaban J connectivity index is 0.00000400. The van der Waals surface area contributed by atoms with Crippen molar-refractivity contribution in [2.75, 3.05) is 26.7 Å². The fourth-order valence-electron chi connectivity index (χ4n) is 2.76. The van der Waals surface area contributed by atoms with Gasteiger partial charge < -0.3 is 15.4 Å². The first kappa shape index (κ1) is 21.0. The molecule has 21 heavy (non-hydrogen) atoms. The molecule has 0 amide bonds. The molecule has 1 heterocycles. The molecule has 5 heteroatoms. The van der Waals surface area contributed by atoms with Crippen molar-refractivity contribution < 1.29 is 4.74 Å². The predicted molar refractivity (Wildman–Crippen MR) is 102 cm³/mol. The molecule has 0 radical (unpaired) electrons. The third kappa shape index (κ3) is 7.68. The molecule has 0 spiro atoms. The highest BCUT2D eigenvalue weighted by Gasteiger charge is 2.35. The van der Waals surface area contributed by atoms with Crippen LogP contribution in [0.25, 0.3) is 0 Å². The molecule has 2 N–H and O–H groups in total. The summed E-state index contributed by atoms with van der Waals surface area (Å²) < 4.78 is 6.02. The second-order valence-corrected chi connectivity index (χ2v) is 7.29. The Kier molecular flexibility index (Phi) is 9.85. The van der Waals surface area contributed by atoms with Crippen LogP contribution in [0.3, 0.4) is 0 Å². The minimum atomic E-state index is 0. The molecule has 2 atom stereocenters. The Hall–Kier alpha value is -0.0400. The topological polar surface area (TPSA) is 45.7 Å². The Morgan fingerprint density at radius 3 is 2.48 bits per heavy atom. The molecule has 1 aliphatic rings. The lowest BCUT2D eigenvalue weighted by atomic mass is 9.78. The molecule has 0 bridgehead atoms. The fraction of sp³-hybridized carbons (Fsp3) is 0.938. The maximum absolute atomic E-state index is 6.02. The molecule has 4 nitrogen and oxygen atoms in total. The first-order chi connectivity index (χ1) is 9.34. The van der Waals surface area contributed by atoms with Crippen molar-refractivity contribution >= 4 is 29.9 Å². The van der Waals surface area contributed by atoms with Gasteiger partial charge in [-0.2, -0.15) is 0 Å². The van der Waals surface area contributed by atoms with Crippen LogP contribution in [0.5, 0.6) is 0 Å². The maximum atomic E-state index is 6.02. The zero-order valence-corrected chi connectivity index (χ0v) is 16.9. The second-order valence-electron chi connectivity index (χ2n) is 7.29. The van der Waals surface area contributed by atoms with E-state index in [1.54, 1.807) is 0 Å². The van der Waals surface area contributed by atoms with Gasteiger partial charge in [-0.3, -0.25) is 4.99 Å². The number of hydrogen-bond acceptors (Lipinski definition) is 2. The molecule has 1 fully saturated rings. The van der Waals surface area contributed by atoms with Gasteiger partial charge in [-0.1, -0.05) is 34.6 Å². The second kappa shape index (κ2) is 9.87. The summed E-state index contributed by atoms with van der Waals surface area (Å²) in [5.41, 5.74) is 0.196. The van der Waals surface area contributed by atoms with E-state index in [1.165, 1.54) is 6.42 Å². The van der Waals surface area contributed by atoms with Gasteiger partial charge in [-0.05, 0) is 24.2 Å². The summed E-state index contributed by atoms with van der Waals surface area (Å²) in [4.78, 5) is 4.29. The van der Waals surface area contributed by atoms with Crippen LogP contribution in [0, 0.1) is 17.3 Å². The Morgan fingerprint density at radius 1 is 1.29 bits per heavy atom. The van der Waals surface area contributed by atoms with E-state index in [4.69, 9.17) is 4.74 Å². The molecule has 0 aromatic rings. The van der Waals surface area contributed by atoms with Crippen molar-refractivity contribution in [3.05, 3.63) is 0 Å². The minimum Gasteiger partial charge on any atom is -0.377 e. The van der Waals surface area contributed by atoms with Gasteiger partial charge in [0.1, 0.15) is 0 Å². The van der Waals surface area contributed by atoms with E-state index >= 15 is 0 Å². The van der Waals surface area contributed by atoms with Gasteiger partial charge in [0, 0.05) is 32.7 Å². The van der Waals surface area contributed by atoms with Crippen molar-refractivity contribution in [3.63, 3.8) is 0 Å². The highest BCUT2D eigenvalue weighted by atomic mass is 127. The van der Waals surface area contributed by atoms with E-state index in [-0.39, 0.29) is 29.4 Å². The van der Waals surface area contributed by atoms with E-state index in [0.29, 0.717) is 17.9 Å². The molecule has 126 valence electrons. The molecule has 0 aromatic carbocycles. The largest absolute Gasteiger partial charge is 0.377 e. The normalized spacial score (nSPS) is 23.7. The number of hydrogen-bond donors (Lipinski definition) is 2. The fourth-order valence-corrected chi connectivity index (χ4v) is 2.76. The van der Waals surface area contributed by atoms with E-state index in [9.17, 15) is 0 Å². The number of guanidine groups is 1. The molecule has 0 aromatic heterocycles. The van der Waals surface area contributed by atoms with Crippen LogP contribution in [0.15, 0.2) is 4.99 Å². The molecule has 1 saturated heterocycles. The molecular weight excluding hydrogens is 377 g/mol. The molecule has 0 aliphatic carbocycles. The van der Waals surface area contributed by atoms with Crippen LogP contribution in [0.4, 0.5) is 0 Å². The smallest absolute Gasteiger partial charge is 0.190 e. The highest BCUT2D eigenvalue weighted by Crippen LogP contribution is 2.33. The van der Waals surface area contributed by atoms with Gasteiger partial charge in [-0.25, -0.2) is 0 Å². The number of aliphatic imine (C=N–C) groups is 1. The SMILES string of the molecule is CN=C(NCC(C)C)NCC1CCCOC1C(C)(C)C.I. The molecule has 0 saturated carbocycles. The summed E-state index contributed by atoms with van der Waals surface area (Å²) in [5.74, 6) is 2.08. The molecular formula is C16H34IN3O. The van der Waals surface area contributed by atoms with Crippen molar-refractivity contribution in [1.82, 2.24) is 10.6 Å². The number of nitrogens with zero attached hydrogens (tertiary/aromatic N) is 1. The van der Waals surface area contributed by atoms with E-state index < -0.39 is 0 Å². The lowest BCUT2D eigenvalue weighted by molar-refractivity contribution is -0.0835. The zero-order valence-electron chi connectivity index (χ0n) is 14.5. The lowest BCUT2D eigenvalue weighted by Crippen LogP contribution is -2.47. The summed E-state index contributed by atoms with van der Waals surface area (Å²) in [7, 11) is 1.83. The van der Waals surface area contributed by atoms with Gasteiger partial charge in [0.25, 0.3) is 0 Å². The van der Waals surface area contributed by atoms with Crippen molar-refractivity contribution in [3.8, 4) is 0 Å². The van der Waals surface area contributed by atoms with Crippen LogP contribution >= 0.6 is 24.0 Å². The number of rotatable bonds is 4. The molecule has 1 aliphatic heterocycles. The standard InChI is InChI=1S/C16H33N3O.HI/c1-12(2)10-18-15(17-6)19-11-13-8-7-9-20-14(13)16(3,4)5;/h12-14H,7-11H2,1-6H3,(H2,17,18,19);1H. The Morgan fingerprint density at radius 2 is 1.95 bits per heavy atom. The van der Waals surface area contributed by atoms with Crippen molar-refractivity contribution in [2.24, 2.45) is 22.2 Å². The maximum Gasteiger partial charge on any atom is 0.190 e.